The molecule has 0 radical (unpaired) electrons. The number of aryl methyl sites for hydroxylation is 3. The predicted molar refractivity (Wildman–Crippen MR) is 77.7 cm³/mol. The summed E-state index contributed by atoms with van der Waals surface area (Å²) in [5, 5.41) is 12.5. The van der Waals surface area contributed by atoms with Crippen molar-refractivity contribution in [2.45, 2.75) is 20.8 Å². The number of carbonyl (C=O) groups excluding carboxylic acids is 1. The Morgan fingerprint density at radius 2 is 1.95 bits per heavy atom. The Kier molecular flexibility index (Phi) is 3.85. The molecular formula is C14H14N2O3S. The number of benzene rings is 1. The van der Waals surface area contributed by atoms with E-state index in [-0.39, 0.29) is 11.5 Å². The van der Waals surface area contributed by atoms with E-state index in [2.05, 4.69) is 10.3 Å². The predicted octanol–water partition coefficient (Wildman–Crippen LogP) is 3.02. The lowest BCUT2D eigenvalue weighted by Crippen LogP contribution is -2.13. The largest absolute Gasteiger partial charge is 0.478 e. The summed E-state index contributed by atoms with van der Waals surface area (Å²) in [5.41, 5.74) is 2.13. The minimum Gasteiger partial charge on any atom is -0.478 e. The number of rotatable bonds is 3. The van der Waals surface area contributed by atoms with Crippen LogP contribution in [0.3, 0.4) is 0 Å². The maximum atomic E-state index is 12.2. The van der Waals surface area contributed by atoms with E-state index in [1.54, 1.807) is 13.0 Å². The maximum absolute atomic E-state index is 12.2. The highest BCUT2D eigenvalue weighted by atomic mass is 32.1. The third-order valence-electron chi connectivity index (χ3n) is 2.84. The summed E-state index contributed by atoms with van der Waals surface area (Å²) in [7, 11) is 0. The first-order chi connectivity index (χ1) is 9.38. The average Bonchev–Trinajstić information content (AvgIpc) is 2.71. The molecule has 1 aromatic heterocycles. The number of amides is 1. The molecule has 2 aromatic rings. The third kappa shape index (κ3) is 2.85. The van der Waals surface area contributed by atoms with Crippen LogP contribution in [0.2, 0.25) is 0 Å². The molecule has 0 saturated carbocycles. The lowest BCUT2D eigenvalue weighted by atomic mass is 10.1. The van der Waals surface area contributed by atoms with Crippen LogP contribution < -0.4 is 5.32 Å². The van der Waals surface area contributed by atoms with E-state index in [1.165, 1.54) is 23.5 Å². The molecule has 0 bridgehead atoms. The van der Waals surface area contributed by atoms with Gasteiger partial charge in [0.1, 0.15) is 4.88 Å². The first-order valence-corrected chi connectivity index (χ1v) is 6.79. The molecule has 2 N–H and O–H groups in total. The Balaban J connectivity index is 2.30. The van der Waals surface area contributed by atoms with Gasteiger partial charge in [0.15, 0.2) is 0 Å². The quantitative estimate of drug-likeness (QED) is 0.910. The Hall–Kier alpha value is -2.21. The van der Waals surface area contributed by atoms with Crippen molar-refractivity contribution in [3.8, 4) is 0 Å². The first-order valence-electron chi connectivity index (χ1n) is 5.98. The van der Waals surface area contributed by atoms with E-state index in [4.69, 9.17) is 5.11 Å². The van der Waals surface area contributed by atoms with Crippen molar-refractivity contribution in [3.63, 3.8) is 0 Å². The van der Waals surface area contributed by atoms with Gasteiger partial charge in [-0.25, -0.2) is 9.78 Å². The summed E-state index contributed by atoms with van der Waals surface area (Å²) >= 11 is 1.32. The second kappa shape index (κ2) is 5.42. The van der Waals surface area contributed by atoms with Crippen molar-refractivity contribution in [1.82, 2.24) is 4.98 Å². The summed E-state index contributed by atoms with van der Waals surface area (Å²) in [5.74, 6) is -1.29. The molecule has 104 valence electrons. The van der Waals surface area contributed by atoms with Crippen molar-refractivity contribution >= 4 is 28.9 Å². The lowest BCUT2D eigenvalue weighted by Gasteiger charge is -2.08. The summed E-state index contributed by atoms with van der Waals surface area (Å²) < 4.78 is 0. The molecule has 0 aliphatic rings. The van der Waals surface area contributed by atoms with Gasteiger partial charge < -0.3 is 10.4 Å². The van der Waals surface area contributed by atoms with E-state index < -0.39 is 5.97 Å². The van der Waals surface area contributed by atoms with E-state index in [0.717, 1.165) is 10.6 Å². The molecule has 0 fully saturated rings. The Labute approximate surface area is 120 Å². The zero-order valence-electron chi connectivity index (χ0n) is 11.4. The van der Waals surface area contributed by atoms with Crippen LogP contribution in [0.15, 0.2) is 18.2 Å². The molecule has 1 aromatic carbocycles. The molecule has 6 heteroatoms. The van der Waals surface area contributed by atoms with Gasteiger partial charge in [-0.2, -0.15) is 0 Å². The van der Waals surface area contributed by atoms with Crippen molar-refractivity contribution < 1.29 is 14.7 Å². The number of aromatic carboxylic acids is 1. The summed E-state index contributed by atoms with van der Waals surface area (Å²) in [6.07, 6.45) is 0. The number of carbonyl (C=O) groups is 2. The van der Waals surface area contributed by atoms with Crippen LogP contribution in [-0.2, 0) is 0 Å². The van der Waals surface area contributed by atoms with Crippen molar-refractivity contribution in [2.24, 2.45) is 0 Å². The van der Waals surface area contributed by atoms with Gasteiger partial charge in [0.25, 0.3) is 5.91 Å². The second-order valence-corrected chi connectivity index (χ2v) is 5.64. The first kappa shape index (κ1) is 14.2. The van der Waals surface area contributed by atoms with E-state index in [0.29, 0.717) is 16.3 Å². The van der Waals surface area contributed by atoms with E-state index >= 15 is 0 Å². The monoisotopic (exact) mass is 290 g/mol. The smallest absolute Gasteiger partial charge is 0.335 e. The molecule has 5 nitrogen and oxygen atoms in total. The molecule has 1 heterocycles. The van der Waals surface area contributed by atoms with Gasteiger partial charge in [-0.05, 0) is 38.5 Å². The van der Waals surface area contributed by atoms with Crippen LogP contribution in [0.1, 0.15) is 36.3 Å². The second-order valence-electron chi connectivity index (χ2n) is 4.44. The van der Waals surface area contributed by atoms with Gasteiger partial charge in [-0.3, -0.25) is 4.79 Å². The van der Waals surface area contributed by atoms with Gasteiger partial charge in [-0.1, -0.05) is 6.07 Å². The van der Waals surface area contributed by atoms with Crippen molar-refractivity contribution in [1.29, 1.82) is 0 Å². The fourth-order valence-corrected chi connectivity index (χ4v) is 2.63. The SMILES string of the molecule is Cc1nc(C)c(C(=O)Nc2cc(C(=O)O)ccc2C)s1. The van der Waals surface area contributed by atoms with Crippen LogP contribution in [0, 0.1) is 20.8 Å². The number of anilines is 1. The highest BCUT2D eigenvalue weighted by Gasteiger charge is 2.15. The fraction of sp³-hybridized carbons (Fsp3) is 0.214. The molecule has 1 amide bonds. The van der Waals surface area contributed by atoms with Crippen molar-refractivity contribution in [2.75, 3.05) is 5.32 Å². The van der Waals surface area contributed by atoms with Crippen LogP contribution in [0.4, 0.5) is 5.69 Å². The normalized spacial score (nSPS) is 10.3. The number of aromatic nitrogens is 1. The van der Waals surface area contributed by atoms with E-state index in [9.17, 15) is 9.59 Å². The highest BCUT2D eigenvalue weighted by molar-refractivity contribution is 7.13. The summed E-state index contributed by atoms with van der Waals surface area (Å²) in [6, 6.07) is 4.64. The summed E-state index contributed by atoms with van der Waals surface area (Å²) in [6.45, 7) is 5.43. The maximum Gasteiger partial charge on any atom is 0.335 e. The molecule has 0 spiro atoms. The topological polar surface area (TPSA) is 79.3 Å². The standard InChI is InChI=1S/C14H14N2O3S/c1-7-4-5-10(14(18)19)6-11(7)16-13(17)12-8(2)15-9(3)20-12/h4-6H,1-3H3,(H,16,17)(H,18,19). The number of carboxylic acids is 1. The van der Waals surface area contributed by atoms with Gasteiger partial charge in [0.05, 0.1) is 16.3 Å². The number of thiazole rings is 1. The number of nitrogens with one attached hydrogen (secondary N) is 1. The molecule has 0 unspecified atom stereocenters. The van der Waals surface area contributed by atoms with Gasteiger partial charge >= 0.3 is 5.97 Å². The highest BCUT2D eigenvalue weighted by Crippen LogP contribution is 2.21. The van der Waals surface area contributed by atoms with Crippen LogP contribution >= 0.6 is 11.3 Å². The van der Waals surface area contributed by atoms with Crippen LogP contribution in [0.25, 0.3) is 0 Å². The molecule has 20 heavy (non-hydrogen) atoms. The minimum atomic E-state index is -1.02. The number of nitrogens with zero attached hydrogens (tertiary/aromatic N) is 1. The van der Waals surface area contributed by atoms with E-state index in [1.807, 2.05) is 13.8 Å². The molecular weight excluding hydrogens is 276 g/mol. The van der Waals surface area contributed by atoms with Crippen LogP contribution in [0.5, 0.6) is 0 Å². The fourth-order valence-electron chi connectivity index (χ4n) is 1.81. The molecule has 0 aliphatic heterocycles. The van der Waals surface area contributed by atoms with Crippen molar-refractivity contribution in [3.05, 3.63) is 44.9 Å². The molecule has 0 saturated heterocycles. The Morgan fingerprint density at radius 1 is 1.25 bits per heavy atom. The zero-order valence-corrected chi connectivity index (χ0v) is 12.2. The number of hydrogen-bond acceptors (Lipinski definition) is 4. The van der Waals surface area contributed by atoms with Gasteiger partial charge in [-0.15, -0.1) is 11.3 Å². The molecule has 0 atom stereocenters. The average molecular weight is 290 g/mol. The molecule has 2 rings (SSSR count). The summed E-state index contributed by atoms with van der Waals surface area (Å²) in [4.78, 5) is 27.9. The number of carboxylic acid groups (broad SMARTS) is 1. The minimum absolute atomic E-state index is 0.142. The Bertz CT molecular complexity index is 692. The molecule has 0 aliphatic carbocycles. The zero-order chi connectivity index (χ0) is 14.9. The van der Waals surface area contributed by atoms with Gasteiger partial charge in [0.2, 0.25) is 0 Å². The lowest BCUT2D eigenvalue weighted by molar-refractivity contribution is 0.0696. The van der Waals surface area contributed by atoms with Crippen LogP contribution in [-0.4, -0.2) is 22.0 Å². The number of hydrogen-bond donors (Lipinski definition) is 2. The Morgan fingerprint density at radius 3 is 2.50 bits per heavy atom. The third-order valence-corrected chi connectivity index (χ3v) is 3.91. The van der Waals surface area contributed by atoms with Gasteiger partial charge in [0, 0.05) is 5.69 Å².